The van der Waals surface area contributed by atoms with Crippen LogP contribution >= 0.6 is 11.5 Å². The summed E-state index contributed by atoms with van der Waals surface area (Å²) in [7, 11) is 0. The molecular formula is C10H8N8S. The zero-order valence-electron chi connectivity index (χ0n) is 10.1. The van der Waals surface area contributed by atoms with Gasteiger partial charge in [0.25, 0.3) is 5.82 Å². The van der Waals surface area contributed by atoms with Gasteiger partial charge in [-0.2, -0.15) is 9.36 Å². The third-order valence-corrected chi connectivity index (χ3v) is 2.81. The molecule has 0 unspecified atom stereocenters. The molecule has 0 amide bonds. The van der Waals surface area contributed by atoms with E-state index in [1.807, 2.05) is 0 Å². The minimum absolute atomic E-state index is 0.282. The lowest BCUT2D eigenvalue weighted by Gasteiger charge is -1.84. The Morgan fingerprint density at radius 3 is 2.53 bits per heavy atom. The number of rotatable bonds is 3. The minimum Gasteiger partial charge on any atom is -0.330 e. The van der Waals surface area contributed by atoms with Crippen LogP contribution in [0.25, 0.3) is 9.69 Å². The molecule has 0 bridgehead atoms. The van der Waals surface area contributed by atoms with Crippen LogP contribution in [0.3, 0.4) is 0 Å². The van der Waals surface area contributed by atoms with Crippen molar-refractivity contribution < 1.29 is 0 Å². The minimum atomic E-state index is -0.966. The Hall–Kier alpha value is -2.65. The lowest BCUT2D eigenvalue weighted by atomic mass is 10.5. The quantitative estimate of drug-likeness (QED) is 0.687. The summed E-state index contributed by atoms with van der Waals surface area (Å²) in [4.78, 5) is 17.3. The van der Waals surface area contributed by atoms with Crippen molar-refractivity contribution in [3.63, 3.8) is 0 Å². The Bertz CT molecular complexity index is 684. The number of azo groups is 1. The molecule has 0 aliphatic heterocycles. The molecule has 2 rings (SSSR count). The van der Waals surface area contributed by atoms with Gasteiger partial charge in [0.1, 0.15) is 5.82 Å². The largest absolute Gasteiger partial charge is 0.534 e. The molecule has 0 saturated carbocycles. The predicted octanol–water partition coefficient (Wildman–Crippen LogP) is 3.13. The Labute approximate surface area is 113 Å². The summed E-state index contributed by atoms with van der Waals surface area (Å²) < 4.78 is 3.98. The van der Waals surface area contributed by atoms with Gasteiger partial charge in [0.2, 0.25) is 5.13 Å². The molecule has 2 aromatic heterocycles. The van der Waals surface area contributed by atoms with Crippen LogP contribution in [0.5, 0.6) is 0 Å². The smallest absolute Gasteiger partial charge is 0.330 e. The van der Waals surface area contributed by atoms with E-state index >= 15 is 0 Å². The van der Waals surface area contributed by atoms with Crippen molar-refractivity contribution >= 4 is 22.5 Å². The summed E-state index contributed by atoms with van der Waals surface area (Å²) in [5.41, 5.74) is 0.650. The highest BCUT2D eigenvalue weighted by Gasteiger charge is 2.25. The van der Waals surface area contributed by atoms with E-state index in [2.05, 4.69) is 39.2 Å². The van der Waals surface area contributed by atoms with Crippen molar-refractivity contribution in [1.82, 2.24) is 19.3 Å². The van der Waals surface area contributed by atoms with Crippen molar-refractivity contribution in [2.45, 2.75) is 20.0 Å². The summed E-state index contributed by atoms with van der Waals surface area (Å²) in [5, 5.41) is 8.30. The molecule has 2 heterocycles. The van der Waals surface area contributed by atoms with Crippen LogP contribution in [-0.4, -0.2) is 19.3 Å². The summed E-state index contributed by atoms with van der Waals surface area (Å²) in [6.07, 6.45) is -0.966. The molecule has 9 heteroatoms. The molecule has 8 nitrogen and oxygen atoms in total. The lowest BCUT2D eigenvalue weighted by Crippen LogP contribution is -1.89. The van der Waals surface area contributed by atoms with E-state index in [9.17, 15) is 0 Å². The maximum atomic E-state index is 6.90. The fourth-order valence-corrected chi connectivity index (χ4v) is 1.77. The highest BCUT2D eigenvalue weighted by molar-refractivity contribution is 7.09. The van der Waals surface area contributed by atoms with Crippen LogP contribution < -0.4 is 0 Å². The Kier molecular flexibility index (Phi) is 3.59. The maximum absolute atomic E-state index is 6.90. The van der Waals surface area contributed by atoms with Crippen molar-refractivity contribution in [3.8, 4) is 0 Å². The van der Waals surface area contributed by atoms with Crippen molar-refractivity contribution in [2.75, 3.05) is 0 Å². The van der Waals surface area contributed by atoms with Gasteiger partial charge in [-0.3, -0.25) is 0 Å². The second-order valence-corrected chi connectivity index (χ2v) is 4.26. The number of hydrogen-bond acceptors (Lipinski definition) is 6. The van der Waals surface area contributed by atoms with Gasteiger partial charge in [0.05, 0.1) is 5.69 Å². The number of aromatic amines is 1. The summed E-state index contributed by atoms with van der Waals surface area (Å²) in [6, 6.07) is 0. The van der Waals surface area contributed by atoms with E-state index in [0.717, 1.165) is 11.5 Å². The van der Waals surface area contributed by atoms with Gasteiger partial charge in [-0.25, -0.2) is 27.8 Å². The van der Waals surface area contributed by atoms with E-state index in [-0.39, 0.29) is 5.82 Å². The zero-order chi connectivity index (χ0) is 13.8. The number of nitrogens with one attached hydrogen (secondary N) is 1. The van der Waals surface area contributed by atoms with Gasteiger partial charge in [-0.15, -0.1) is 10.2 Å². The Balaban J connectivity index is 2.25. The summed E-state index contributed by atoms with van der Waals surface area (Å²) in [6.45, 7) is 17.3. The number of imidazole rings is 1. The third kappa shape index (κ3) is 2.78. The van der Waals surface area contributed by atoms with Crippen molar-refractivity contribution in [1.29, 1.82) is 0 Å². The number of nitrogens with zero attached hydrogens (tertiary/aromatic N) is 7. The number of hydrogen-bond donors (Lipinski definition) is 1. The molecule has 0 aliphatic rings. The SMILES string of the molecule is [C-]#[N+]C([N+]#[C-])c1nc(N=Nc2nc(C)ns2)c(C)[nH]1. The molecule has 0 spiro atoms. The van der Waals surface area contributed by atoms with E-state index in [1.54, 1.807) is 13.8 Å². The number of aryl methyl sites for hydroxylation is 2. The second-order valence-electron chi connectivity index (χ2n) is 3.53. The van der Waals surface area contributed by atoms with Crippen molar-refractivity contribution in [2.24, 2.45) is 10.2 Å². The molecule has 0 aliphatic carbocycles. The van der Waals surface area contributed by atoms with E-state index in [4.69, 9.17) is 13.1 Å². The fraction of sp³-hybridized carbons (Fsp3) is 0.300. The van der Waals surface area contributed by atoms with Crippen LogP contribution in [0.1, 0.15) is 23.5 Å². The summed E-state index contributed by atoms with van der Waals surface area (Å²) >= 11 is 1.14. The van der Waals surface area contributed by atoms with E-state index < -0.39 is 6.17 Å². The van der Waals surface area contributed by atoms with E-state index in [0.29, 0.717) is 22.5 Å². The average molecular weight is 272 g/mol. The van der Waals surface area contributed by atoms with Gasteiger partial charge in [-0.1, -0.05) is 0 Å². The molecule has 1 N–H and O–H groups in total. The standard InChI is InChI=1S/C10H8N8S/c1-5-7(15-9(13-5)8(11-3)12-4)16-17-10-14-6(2)18-19-10/h8H,1-2H3,(H,13,15). The molecule has 0 saturated heterocycles. The lowest BCUT2D eigenvalue weighted by molar-refractivity contribution is 0.932. The third-order valence-electron chi connectivity index (χ3n) is 2.11. The van der Waals surface area contributed by atoms with Gasteiger partial charge in [0, 0.05) is 11.5 Å². The molecule has 0 radical (unpaired) electrons. The summed E-state index contributed by atoms with van der Waals surface area (Å²) in [5.74, 6) is 1.27. The first-order valence-electron chi connectivity index (χ1n) is 5.15. The number of aromatic nitrogens is 4. The highest BCUT2D eigenvalue weighted by Crippen LogP contribution is 2.24. The van der Waals surface area contributed by atoms with Crippen LogP contribution in [-0.2, 0) is 0 Å². The molecular weight excluding hydrogens is 264 g/mol. The first kappa shape index (κ1) is 12.8. The zero-order valence-corrected chi connectivity index (χ0v) is 10.9. The van der Waals surface area contributed by atoms with Gasteiger partial charge >= 0.3 is 6.17 Å². The van der Waals surface area contributed by atoms with Crippen LogP contribution in [0.15, 0.2) is 10.2 Å². The Morgan fingerprint density at radius 2 is 1.95 bits per heavy atom. The molecule has 0 aromatic carbocycles. The van der Waals surface area contributed by atoms with Crippen molar-refractivity contribution in [3.05, 3.63) is 40.2 Å². The molecule has 19 heavy (non-hydrogen) atoms. The monoisotopic (exact) mass is 272 g/mol. The highest BCUT2D eigenvalue weighted by atomic mass is 32.1. The second kappa shape index (κ2) is 5.33. The first-order valence-corrected chi connectivity index (χ1v) is 5.93. The topological polar surface area (TPSA) is 87.9 Å². The van der Waals surface area contributed by atoms with Gasteiger partial charge in [-0.05, 0) is 13.8 Å². The molecule has 94 valence electrons. The molecule has 2 aromatic rings. The van der Waals surface area contributed by atoms with Crippen LogP contribution in [0, 0.1) is 27.0 Å². The molecule has 0 fully saturated rings. The number of H-pyrrole nitrogens is 1. The maximum Gasteiger partial charge on any atom is 0.534 e. The fourth-order valence-electron chi connectivity index (χ4n) is 1.26. The van der Waals surface area contributed by atoms with Gasteiger partial charge < -0.3 is 4.98 Å². The predicted molar refractivity (Wildman–Crippen MR) is 68.1 cm³/mol. The average Bonchev–Trinajstić information content (AvgIpc) is 2.95. The van der Waals surface area contributed by atoms with E-state index in [1.165, 1.54) is 0 Å². The Morgan fingerprint density at radius 1 is 1.21 bits per heavy atom. The molecule has 0 atom stereocenters. The van der Waals surface area contributed by atoms with Gasteiger partial charge in [0.15, 0.2) is 5.82 Å². The van der Waals surface area contributed by atoms with Crippen LogP contribution in [0.4, 0.5) is 10.9 Å². The van der Waals surface area contributed by atoms with Crippen LogP contribution in [0.2, 0.25) is 0 Å². The first-order chi connectivity index (χ1) is 9.13. The normalized spacial score (nSPS) is 10.8.